The lowest BCUT2D eigenvalue weighted by Crippen LogP contribution is -2.45. The molecule has 3 aromatic rings. The van der Waals surface area contributed by atoms with Crippen molar-refractivity contribution in [2.75, 3.05) is 19.6 Å². The number of nitrogens with zero attached hydrogens (tertiary/aromatic N) is 3. The molecule has 1 saturated heterocycles. The molecule has 27 heavy (non-hydrogen) atoms. The van der Waals surface area contributed by atoms with Crippen LogP contribution in [0.15, 0.2) is 67.0 Å². The van der Waals surface area contributed by atoms with Gasteiger partial charge in [-0.15, -0.1) is 12.4 Å². The van der Waals surface area contributed by atoms with Crippen LogP contribution in [0.2, 0.25) is 5.02 Å². The number of nitrogens with one attached hydrogen (secondary N) is 1. The molecule has 142 valence electrons. The predicted molar refractivity (Wildman–Crippen MR) is 112 cm³/mol. The summed E-state index contributed by atoms with van der Waals surface area (Å²) in [4.78, 5) is 7.12. The van der Waals surface area contributed by atoms with E-state index in [2.05, 4.69) is 68.4 Å². The number of aromatic nitrogens is 2. The van der Waals surface area contributed by atoms with Crippen molar-refractivity contribution >= 4 is 24.0 Å². The van der Waals surface area contributed by atoms with E-state index in [9.17, 15) is 0 Å². The summed E-state index contributed by atoms with van der Waals surface area (Å²) < 4.78 is 2.24. The molecule has 1 aromatic heterocycles. The maximum absolute atomic E-state index is 6.21. The molecule has 1 unspecified atom stereocenters. The smallest absolute Gasteiger partial charge is 0.123 e. The minimum absolute atomic E-state index is 0. The van der Waals surface area contributed by atoms with E-state index in [-0.39, 0.29) is 12.4 Å². The Morgan fingerprint density at radius 3 is 2.74 bits per heavy atom. The third-order valence-corrected chi connectivity index (χ3v) is 5.16. The highest BCUT2D eigenvalue weighted by atomic mass is 35.5. The van der Waals surface area contributed by atoms with Crippen molar-refractivity contribution in [1.29, 1.82) is 0 Å². The van der Waals surface area contributed by atoms with Crippen molar-refractivity contribution in [3.05, 3.63) is 89.0 Å². The lowest BCUT2D eigenvalue weighted by Gasteiger charge is -2.36. The van der Waals surface area contributed by atoms with Crippen LogP contribution in [0.25, 0.3) is 0 Å². The second-order valence-electron chi connectivity index (χ2n) is 6.70. The minimum Gasteiger partial charge on any atom is -0.329 e. The van der Waals surface area contributed by atoms with Crippen molar-refractivity contribution < 1.29 is 0 Å². The highest BCUT2D eigenvalue weighted by Gasteiger charge is 2.25. The van der Waals surface area contributed by atoms with Gasteiger partial charge in [0.05, 0.1) is 6.54 Å². The predicted octanol–water partition coefficient (Wildman–Crippen LogP) is 4.15. The van der Waals surface area contributed by atoms with E-state index in [4.69, 9.17) is 11.6 Å². The zero-order valence-electron chi connectivity index (χ0n) is 15.1. The van der Waals surface area contributed by atoms with Crippen LogP contribution in [0.4, 0.5) is 0 Å². The highest BCUT2D eigenvalue weighted by molar-refractivity contribution is 6.30. The van der Waals surface area contributed by atoms with Crippen LogP contribution >= 0.6 is 24.0 Å². The van der Waals surface area contributed by atoms with Crippen molar-refractivity contribution in [2.24, 2.45) is 0 Å². The molecule has 1 aliphatic rings. The Morgan fingerprint density at radius 1 is 1.07 bits per heavy atom. The van der Waals surface area contributed by atoms with Crippen LogP contribution in [0.5, 0.6) is 0 Å². The Bertz CT molecular complexity index is 850. The van der Waals surface area contributed by atoms with E-state index >= 15 is 0 Å². The largest absolute Gasteiger partial charge is 0.329 e. The average molecular weight is 403 g/mol. The molecule has 1 atom stereocenters. The Balaban J connectivity index is 0.00000210. The summed E-state index contributed by atoms with van der Waals surface area (Å²) in [5, 5.41) is 4.30. The first-order valence-corrected chi connectivity index (χ1v) is 9.41. The zero-order chi connectivity index (χ0) is 17.8. The van der Waals surface area contributed by atoms with Crippen molar-refractivity contribution in [3.63, 3.8) is 0 Å². The van der Waals surface area contributed by atoms with Crippen LogP contribution in [-0.4, -0.2) is 34.1 Å². The molecule has 0 aliphatic carbocycles. The summed E-state index contributed by atoms with van der Waals surface area (Å²) in [6.07, 6.45) is 3.97. The molecule has 0 saturated carbocycles. The molecule has 0 spiro atoms. The molecule has 4 rings (SSSR count). The number of rotatable bonds is 5. The SMILES string of the molecule is Cl.Clc1cccc(C2CNCCN2Cc2nccn2Cc2ccccc2)c1. The molecule has 2 aromatic carbocycles. The Labute approximate surface area is 171 Å². The van der Waals surface area contributed by atoms with Crippen LogP contribution in [0, 0.1) is 0 Å². The third kappa shape index (κ3) is 4.90. The number of benzene rings is 2. The first kappa shape index (κ1) is 19.9. The second-order valence-corrected chi connectivity index (χ2v) is 7.14. The Morgan fingerprint density at radius 2 is 1.93 bits per heavy atom. The van der Waals surface area contributed by atoms with E-state index in [0.717, 1.165) is 43.6 Å². The highest BCUT2D eigenvalue weighted by Crippen LogP contribution is 2.26. The zero-order valence-corrected chi connectivity index (χ0v) is 16.7. The van der Waals surface area contributed by atoms with Gasteiger partial charge in [0.25, 0.3) is 0 Å². The van der Waals surface area contributed by atoms with E-state index in [0.29, 0.717) is 6.04 Å². The Kier molecular flexibility index (Phi) is 6.91. The molecule has 0 amide bonds. The van der Waals surface area contributed by atoms with Gasteiger partial charge in [-0.05, 0) is 23.3 Å². The lowest BCUT2D eigenvalue weighted by molar-refractivity contribution is 0.148. The summed E-state index contributed by atoms with van der Waals surface area (Å²) >= 11 is 6.21. The van der Waals surface area contributed by atoms with Gasteiger partial charge in [0.15, 0.2) is 0 Å². The van der Waals surface area contributed by atoms with Crippen molar-refractivity contribution in [1.82, 2.24) is 19.8 Å². The monoisotopic (exact) mass is 402 g/mol. The van der Waals surface area contributed by atoms with Crippen molar-refractivity contribution in [2.45, 2.75) is 19.1 Å². The van der Waals surface area contributed by atoms with Gasteiger partial charge in [-0.1, -0.05) is 54.1 Å². The molecule has 0 bridgehead atoms. The summed E-state index contributed by atoms with van der Waals surface area (Å²) in [7, 11) is 0. The molecular formula is C21H24Cl2N4. The van der Waals surface area contributed by atoms with Gasteiger partial charge in [0.2, 0.25) is 0 Å². The second kappa shape index (κ2) is 9.38. The fourth-order valence-electron chi connectivity index (χ4n) is 3.58. The van der Waals surface area contributed by atoms with Gasteiger partial charge in [-0.3, -0.25) is 4.90 Å². The minimum atomic E-state index is 0. The number of hydrogen-bond donors (Lipinski definition) is 1. The molecule has 1 aliphatic heterocycles. The van der Waals surface area contributed by atoms with E-state index in [1.807, 2.05) is 18.3 Å². The molecule has 4 nitrogen and oxygen atoms in total. The molecule has 6 heteroatoms. The van der Waals surface area contributed by atoms with E-state index in [1.165, 1.54) is 11.1 Å². The van der Waals surface area contributed by atoms with Crippen LogP contribution in [-0.2, 0) is 13.1 Å². The van der Waals surface area contributed by atoms with Crippen LogP contribution in [0.1, 0.15) is 23.0 Å². The van der Waals surface area contributed by atoms with Crippen molar-refractivity contribution in [3.8, 4) is 0 Å². The summed E-state index contributed by atoms with van der Waals surface area (Å²) in [5.74, 6) is 1.10. The maximum Gasteiger partial charge on any atom is 0.123 e. The van der Waals surface area contributed by atoms with Gasteiger partial charge in [-0.2, -0.15) is 0 Å². The quantitative estimate of drug-likeness (QED) is 0.695. The van der Waals surface area contributed by atoms with Crippen LogP contribution in [0.3, 0.4) is 0 Å². The first-order valence-electron chi connectivity index (χ1n) is 9.04. The number of halogens is 2. The topological polar surface area (TPSA) is 33.1 Å². The first-order chi connectivity index (χ1) is 12.8. The third-order valence-electron chi connectivity index (χ3n) is 4.93. The van der Waals surface area contributed by atoms with Gasteiger partial charge in [0.1, 0.15) is 5.82 Å². The summed E-state index contributed by atoms with van der Waals surface area (Å²) in [5.41, 5.74) is 2.55. The van der Waals surface area contributed by atoms with E-state index in [1.54, 1.807) is 0 Å². The number of hydrogen-bond acceptors (Lipinski definition) is 3. The van der Waals surface area contributed by atoms with Gasteiger partial charge >= 0.3 is 0 Å². The number of piperazine rings is 1. The van der Waals surface area contributed by atoms with Gasteiger partial charge in [0, 0.05) is 49.6 Å². The molecule has 1 fully saturated rings. The molecule has 0 radical (unpaired) electrons. The van der Waals surface area contributed by atoms with Crippen LogP contribution < -0.4 is 5.32 Å². The summed E-state index contributed by atoms with van der Waals surface area (Å²) in [6.45, 7) is 4.61. The molecule has 1 N–H and O–H groups in total. The fourth-order valence-corrected chi connectivity index (χ4v) is 3.77. The summed E-state index contributed by atoms with van der Waals surface area (Å²) in [6, 6.07) is 19.0. The fraction of sp³-hybridized carbons (Fsp3) is 0.286. The average Bonchev–Trinajstić information content (AvgIpc) is 3.10. The molecular weight excluding hydrogens is 379 g/mol. The maximum atomic E-state index is 6.21. The van der Waals surface area contributed by atoms with Gasteiger partial charge < -0.3 is 9.88 Å². The standard InChI is InChI=1S/C21H23ClN4.ClH/c22-19-8-4-7-18(13-19)20-14-23-9-11-25(20)16-21-24-10-12-26(21)15-17-5-2-1-3-6-17;/h1-8,10,12-13,20,23H,9,11,14-16H2;1H. The Hall–Kier alpha value is -1.85. The van der Waals surface area contributed by atoms with Gasteiger partial charge in [-0.25, -0.2) is 4.98 Å². The normalized spacial score (nSPS) is 17.4. The number of imidazole rings is 1. The van der Waals surface area contributed by atoms with E-state index < -0.39 is 0 Å². The molecule has 2 heterocycles. The lowest BCUT2D eigenvalue weighted by atomic mass is 10.0.